The fourth-order valence-electron chi connectivity index (χ4n) is 5.01. The molecule has 0 unspecified atom stereocenters. The zero-order valence-corrected chi connectivity index (χ0v) is 18.8. The number of carbonyl (C=O) groups excluding carboxylic acids is 1. The second-order valence-electron chi connectivity index (χ2n) is 9.12. The Hall–Kier alpha value is -3.02. The van der Waals surface area contributed by atoms with E-state index in [-0.39, 0.29) is 12.4 Å². The summed E-state index contributed by atoms with van der Waals surface area (Å²) in [5.74, 6) is -1.87. The molecule has 184 valence electrons. The number of benzene rings is 1. The number of carbonyl (C=O) groups is 1. The molecule has 1 N–H and O–H groups in total. The van der Waals surface area contributed by atoms with Gasteiger partial charge in [-0.3, -0.25) is 9.80 Å². The number of nitrogens with one attached hydrogen (secondary N) is 1. The van der Waals surface area contributed by atoms with Gasteiger partial charge in [0.2, 0.25) is 5.88 Å². The largest absolute Gasteiger partial charge is 0.574 e. The molecule has 2 aliphatic rings. The number of ether oxygens (including phenoxy) is 1. The lowest BCUT2D eigenvalue weighted by molar-refractivity contribution is -0.276. The van der Waals surface area contributed by atoms with Crippen LogP contribution in [0.5, 0.6) is 5.88 Å². The number of aryl methyl sites for hydroxylation is 1. The first-order chi connectivity index (χ1) is 15.8. The van der Waals surface area contributed by atoms with Crippen LogP contribution in [0.15, 0.2) is 24.3 Å². The lowest BCUT2D eigenvalue weighted by atomic mass is 9.69. The number of rotatable bonds is 4. The Bertz CT molecular complexity index is 1080. The van der Waals surface area contributed by atoms with Crippen molar-refractivity contribution in [1.29, 1.82) is 0 Å². The van der Waals surface area contributed by atoms with Crippen LogP contribution in [0, 0.1) is 18.6 Å². The van der Waals surface area contributed by atoms with E-state index < -0.39 is 41.0 Å². The van der Waals surface area contributed by atoms with Gasteiger partial charge in [0.05, 0.1) is 12.1 Å². The third-order valence-corrected chi connectivity index (χ3v) is 6.78. The Morgan fingerprint density at radius 1 is 1.03 bits per heavy atom. The summed E-state index contributed by atoms with van der Waals surface area (Å²) in [5.41, 5.74) is -0.390. The van der Waals surface area contributed by atoms with E-state index >= 15 is 0 Å². The Labute approximate surface area is 192 Å². The molecule has 2 amide bonds. The highest BCUT2D eigenvalue weighted by atomic mass is 19.4. The average molecular weight is 485 g/mol. The van der Waals surface area contributed by atoms with Crippen molar-refractivity contribution in [3.8, 4) is 5.88 Å². The van der Waals surface area contributed by atoms with Gasteiger partial charge >= 0.3 is 12.4 Å². The summed E-state index contributed by atoms with van der Waals surface area (Å²) in [6, 6.07) is 4.15. The summed E-state index contributed by atoms with van der Waals surface area (Å²) < 4.78 is 69.0. The number of halogens is 5. The molecule has 34 heavy (non-hydrogen) atoms. The van der Waals surface area contributed by atoms with Crippen molar-refractivity contribution >= 4 is 11.8 Å². The van der Waals surface area contributed by atoms with Gasteiger partial charge in [0, 0.05) is 17.7 Å². The molecule has 1 saturated carbocycles. The predicted octanol–water partition coefficient (Wildman–Crippen LogP) is 4.26. The third kappa shape index (κ3) is 4.50. The number of nitrogens with zero attached hydrogens (tertiary/aromatic N) is 4. The number of amides is 2. The molecule has 0 radical (unpaired) electrons. The molecule has 4 rings (SSSR count). The van der Waals surface area contributed by atoms with Crippen molar-refractivity contribution in [2.24, 2.45) is 0 Å². The summed E-state index contributed by atoms with van der Waals surface area (Å²) in [6.45, 7) is 1.75. The molecule has 7 nitrogen and oxygen atoms in total. The first-order valence-corrected chi connectivity index (χ1v) is 10.7. The van der Waals surface area contributed by atoms with E-state index in [0.717, 1.165) is 12.1 Å². The molecule has 1 aliphatic heterocycles. The van der Waals surface area contributed by atoms with Crippen LogP contribution in [-0.2, 0) is 5.54 Å². The minimum Gasteiger partial charge on any atom is -0.386 e. The van der Waals surface area contributed by atoms with Crippen molar-refractivity contribution in [1.82, 2.24) is 20.4 Å². The van der Waals surface area contributed by atoms with Crippen LogP contribution in [0.2, 0.25) is 0 Å². The highest BCUT2D eigenvalue weighted by Gasteiger charge is 2.51. The number of anilines is 1. The molecular weight excluding hydrogens is 461 g/mol. The van der Waals surface area contributed by atoms with Crippen LogP contribution < -0.4 is 15.0 Å². The monoisotopic (exact) mass is 485 g/mol. The van der Waals surface area contributed by atoms with Gasteiger partial charge in [0.25, 0.3) is 0 Å². The van der Waals surface area contributed by atoms with Crippen LogP contribution in [0.3, 0.4) is 0 Å². The summed E-state index contributed by atoms with van der Waals surface area (Å²) in [6.07, 6.45) is -2.80. The normalized spacial score (nSPS) is 25.2. The maximum Gasteiger partial charge on any atom is 0.574 e. The highest BCUT2D eigenvalue weighted by molar-refractivity contribution is 5.95. The van der Waals surface area contributed by atoms with Crippen molar-refractivity contribution in [2.45, 2.75) is 50.0 Å². The minimum absolute atomic E-state index is 0.139. The zero-order chi connectivity index (χ0) is 24.9. The molecule has 2 aromatic rings. The lowest BCUT2D eigenvalue weighted by Crippen LogP contribution is -2.54. The fourth-order valence-corrected chi connectivity index (χ4v) is 5.01. The van der Waals surface area contributed by atoms with Gasteiger partial charge in [-0.2, -0.15) is 0 Å². The maximum absolute atomic E-state index is 14.0. The molecular formula is C22H24F5N5O2. The van der Waals surface area contributed by atoms with Crippen molar-refractivity contribution in [2.75, 3.05) is 25.5 Å². The third-order valence-electron chi connectivity index (χ3n) is 6.78. The maximum atomic E-state index is 14.0. The van der Waals surface area contributed by atoms with Gasteiger partial charge in [0.1, 0.15) is 11.6 Å². The van der Waals surface area contributed by atoms with Crippen LogP contribution in [0.25, 0.3) is 0 Å². The van der Waals surface area contributed by atoms with E-state index in [4.69, 9.17) is 0 Å². The van der Waals surface area contributed by atoms with Gasteiger partial charge in [0.15, 0.2) is 5.82 Å². The van der Waals surface area contributed by atoms with Crippen LogP contribution >= 0.6 is 0 Å². The Kier molecular flexibility index (Phi) is 5.91. The van der Waals surface area contributed by atoms with E-state index in [2.05, 4.69) is 20.3 Å². The van der Waals surface area contributed by atoms with Gasteiger partial charge in [-0.25, -0.2) is 13.6 Å². The quantitative estimate of drug-likeness (QED) is 0.656. The Morgan fingerprint density at radius 2 is 1.65 bits per heavy atom. The van der Waals surface area contributed by atoms with E-state index in [1.54, 1.807) is 0 Å². The van der Waals surface area contributed by atoms with Crippen molar-refractivity contribution in [3.63, 3.8) is 0 Å². The second kappa shape index (κ2) is 8.33. The van der Waals surface area contributed by atoms with E-state index in [9.17, 15) is 26.7 Å². The van der Waals surface area contributed by atoms with E-state index in [1.807, 2.05) is 19.0 Å². The standard InChI is InChI=1S/C22H24F5N5O2/c1-13-8-17(34-22(25,26)27)29-30-18(13)32-12-20(28-19(32)33)4-6-21(7-5-20,31(2)3)14-9-15(23)11-16(24)10-14/h8-11H,4-7,12H2,1-3H3,(H,28,33). The molecule has 0 bridgehead atoms. The van der Waals surface area contributed by atoms with E-state index in [0.29, 0.717) is 36.8 Å². The first kappa shape index (κ1) is 24.1. The zero-order valence-electron chi connectivity index (χ0n) is 18.8. The number of aromatic nitrogens is 2. The molecule has 1 aromatic heterocycles. The molecule has 2 heterocycles. The van der Waals surface area contributed by atoms with Crippen LogP contribution in [0.4, 0.5) is 32.6 Å². The Morgan fingerprint density at radius 3 is 2.18 bits per heavy atom. The molecule has 2 fully saturated rings. The summed E-state index contributed by atoms with van der Waals surface area (Å²) in [7, 11) is 3.70. The lowest BCUT2D eigenvalue weighted by Gasteiger charge is -2.48. The van der Waals surface area contributed by atoms with Gasteiger partial charge in [-0.1, -0.05) is 0 Å². The van der Waals surface area contributed by atoms with Crippen LogP contribution in [-0.4, -0.2) is 53.7 Å². The van der Waals surface area contributed by atoms with Gasteiger partial charge in [-0.05, 0) is 70.0 Å². The van der Waals surface area contributed by atoms with Crippen molar-refractivity contribution in [3.05, 3.63) is 47.0 Å². The number of urea groups is 1. The molecule has 1 spiro atoms. The number of hydrogen-bond acceptors (Lipinski definition) is 5. The highest BCUT2D eigenvalue weighted by Crippen LogP contribution is 2.46. The SMILES string of the molecule is Cc1cc(OC(F)(F)F)nnc1N1CC2(CCC(c3cc(F)cc(F)c3)(N(C)C)CC2)NC1=O. The molecule has 12 heteroatoms. The second-order valence-corrected chi connectivity index (χ2v) is 9.12. The van der Waals surface area contributed by atoms with Gasteiger partial charge < -0.3 is 10.1 Å². The summed E-state index contributed by atoms with van der Waals surface area (Å²) in [5, 5.41) is 10.2. The molecule has 1 aliphatic carbocycles. The minimum atomic E-state index is -4.90. The molecule has 1 aromatic carbocycles. The topological polar surface area (TPSA) is 70.6 Å². The first-order valence-electron chi connectivity index (χ1n) is 10.7. The summed E-state index contributed by atoms with van der Waals surface area (Å²) in [4.78, 5) is 16.1. The summed E-state index contributed by atoms with van der Waals surface area (Å²) >= 11 is 0. The fraction of sp³-hybridized carbons (Fsp3) is 0.500. The predicted molar refractivity (Wildman–Crippen MR) is 112 cm³/mol. The Balaban J connectivity index is 1.54. The molecule has 0 atom stereocenters. The average Bonchev–Trinajstić information content (AvgIpc) is 3.02. The smallest absolute Gasteiger partial charge is 0.386 e. The molecule has 1 saturated heterocycles. The number of hydrogen-bond donors (Lipinski definition) is 1. The van der Waals surface area contributed by atoms with Gasteiger partial charge in [-0.15, -0.1) is 23.4 Å². The number of alkyl halides is 3. The van der Waals surface area contributed by atoms with Crippen LogP contribution in [0.1, 0.15) is 36.8 Å². The van der Waals surface area contributed by atoms with Crippen molar-refractivity contribution < 1.29 is 31.5 Å². The van der Waals surface area contributed by atoms with E-state index in [1.165, 1.54) is 24.0 Å².